The van der Waals surface area contributed by atoms with E-state index in [1.807, 2.05) is 6.92 Å². The smallest absolute Gasteiger partial charge is 0.185 e. The van der Waals surface area contributed by atoms with Crippen LogP contribution in [0, 0.1) is 5.92 Å². The molecule has 0 amide bonds. The summed E-state index contributed by atoms with van der Waals surface area (Å²) in [6, 6.07) is -2.50. The molecule has 0 radical (unpaired) electrons. The number of amidine groups is 1. The van der Waals surface area contributed by atoms with Gasteiger partial charge in [-0.2, -0.15) is 0 Å². The molecule has 0 spiro atoms. The summed E-state index contributed by atoms with van der Waals surface area (Å²) in [5.41, 5.74) is 15.9. The van der Waals surface area contributed by atoms with Gasteiger partial charge in [-0.3, -0.25) is 4.99 Å². The Morgan fingerprint density at radius 3 is 2.43 bits per heavy atom. The van der Waals surface area contributed by atoms with Gasteiger partial charge in [0.05, 0.1) is 24.8 Å². The number of hydrogen-bond acceptors (Lipinski definition) is 13. The van der Waals surface area contributed by atoms with Gasteiger partial charge in [-0.15, -0.1) is 0 Å². The quantitative estimate of drug-likeness (QED) is 0.0657. The van der Waals surface area contributed by atoms with Crippen LogP contribution in [0.5, 0.6) is 0 Å². The van der Waals surface area contributed by atoms with Gasteiger partial charge in [-0.05, 0) is 46.1 Å². The van der Waals surface area contributed by atoms with E-state index in [1.54, 1.807) is 7.05 Å². The summed E-state index contributed by atoms with van der Waals surface area (Å²) in [5, 5.41) is 50.1. The van der Waals surface area contributed by atoms with Gasteiger partial charge in [0.1, 0.15) is 48.1 Å². The minimum atomic E-state index is -1.37. The number of aliphatic imine (C=N–C) groups is 1. The third-order valence-electron chi connectivity index (χ3n) is 9.07. The molecule has 2 aliphatic carbocycles. The molecule has 12 atom stereocenters. The SMILES string of the molecule is CN[C@@H]1C(O)[C@@H](OC2C(O)C(O[C@H]3O[C@H](CNCCF)CCC3C)[C@@H](N)C[C@H]2N=C(N)C2(O)CC(N)C2)OCC1(C)O. The lowest BCUT2D eigenvalue weighted by molar-refractivity contribution is -0.309. The number of halogens is 1. The first-order valence-corrected chi connectivity index (χ1v) is 15.0. The van der Waals surface area contributed by atoms with Gasteiger partial charge in [0.25, 0.3) is 0 Å². The second-order valence-electron chi connectivity index (χ2n) is 12.7. The van der Waals surface area contributed by atoms with Crippen LogP contribution >= 0.6 is 0 Å². The first kappa shape index (κ1) is 33.8. The molecule has 2 heterocycles. The van der Waals surface area contributed by atoms with Crippen molar-refractivity contribution in [2.75, 3.05) is 33.4 Å². The molecular weight excluding hydrogens is 555 g/mol. The van der Waals surface area contributed by atoms with Gasteiger partial charge in [0.15, 0.2) is 12.6 Å². The zero-order valence-corrected chi connectivity index (χ0v) is 24.8. The molecule has 2 saturated heterocycles. The van der Waals surface area contributed by atoms with Crippen molar-refractivity contribution in [3.05, 3.63) is 0 Å². The Bertz CT molecular complexity index is 914. The molecule has 0 aromatic carbocycles. The maximum Gasteiger partial charge on any atom is 0.185 e. The summed E-state index contributed by atoms with van der Waals surface area (Å²) < 4.78 is 36.9. The van der Waals surface area contributed by atoms with Gasteiger partial charge >= 0.3 is 0 Å². The van der Waals surface area contributed by atoms with Crippen molar-refractivity contribution in [1.29, 1.82) is 0 Å². The number of nitrogens with one attached hydrogen (secondary N) is 2. The highest BCUT2D eigenvalue weighted by Crippen LogP contribution is 2.36. The van der Waals surface area contributed by atoms with E-state index in [-0.39, 0.29) is 56.3 Å². The van der Waals surface area contributed by atoms with E-state index in [0.29, 0.717) is 6.54 Å². The van der Waals surface area contributed by atoms with Crippen molar-refractivity contribution >= 4 is 5.84 Å². The van der Waals surface area contributed by atoms with Crippen molar-refractivity contribution in [3.8, 4) is 0 Å². The maximum absolute atomic E-state index is 12.5. The minimum absolute atomic E-state index is 0.00627. The third kappa shape index (κ3) is 7.41. The molecule has 14 nitrogen and oxygen atoms in total. The van der Waals surface area contributed by atoms with Crippen LogP contribution in [-0.4, -0.2) is 138 Å². The third-order valence-corrected chi connectivity index (χ3v) is 9.07. The molecule has 6 unspecified atom stereocenters. The van der Waals surface area contributed by atoms with Crippen LogP contribution in [0.4, 0.5) is 4.39 Å². The van der Waals surface area contributed by atoms with E-state index < -0.39 is 73.0 Å². The monoisotopic (exact) mass is 606 g/mol. The van der Waals surface area contributed by atoms with Crippen molar-refractivity contribution < 1.29 is 43.8 Å². The molecule has 4 aliphatic rings. The Labute approximate surface area is 246 Å². The molecule has 0 bridgehead atoms. The van der Waals surface area contributed by atoms with Gasteiger partial charge in [0.2, 0.25) is 0 Å². The number of alkyl halides is 1. The summed E-state index contributed by atoms with van der Waals surface area (Å²) in [7, 11) is 1.60. The Kier molecular flexibility index (Phi) is 11.2. The number of hydrogen-bond donors (Lipinski definition) is 9. The van der Waals surface area contributed by atoms with E-state index in [1.165, 1.54) is 6.92 Å². The fourth-order valence-corrected chi connectivity index (χ4v) is 6.51. The number of ether oxygens (including phenoxy) is 4. The predicted molar refractivity (Wildman–Crippen MR) is 151 cm³/mol. The highest BCUT2D eigenvalue weighted by molar-refractivity contribution is 5.90. The van der Waals surface area contributed by atoms with Crippen molar-refractivity contribution in [1.82, 2.24) is 10.6 Å². The van der Waals surface area contributed by atoms with Crippen LogP contribution < -0.4 is 27.8 Å². The van der Waals surface area contributed by atoms with Crippen LogP contribution in [0.1, 0.15) is 46.0 Å². The largest absolute Gasteiger partial charge is 0.388 e. The molecule has 0 aromatic rings. The van der Waals surface area contributed by atoms with Gasteiger partial charge in [-0.25, -0.2) is 4.39 Å². The molecule has 12 N–H and O–H groups in total. The number of rotatable bonds is 11. The number of aliphatic hydroxyl groups excluding tert-OH is 2. The van der Waals surface area contributed by atoms with Crippen molar-refractivity contribution in [2.24, 2.45) is 28.1 Å². The molecule has 244 valence electrons. The van der Waals surface area contributed by atoms with Crippen LogP contribution in [0.25, 0.3) is 0 Å². The Balaban J connectivity index is 1.54. The minimum Gasteiger partial charge on any atom is -0.388 e. The average Bonchev–Trinajstić information content (AvgIpc) is 2.90. The molecule has 4 fully saturated rings. The van der Waals surface area contributed by atoms with E-state index in [0.717, 1.165) is 12.8 Å². The van der Waals surface area contributed by atoms with E-state index >= 15 is 0 Å². The lowest BCUT2D eigenvalue weighted by atomic mass is 9.75. The standard InChI is InChI=1S/C27H51FN6O8/c1-13-4-5-15(11-33-7-6-28)40-23(13)41-20-16(30)8-17(34-25(31)27(38)9-14(29)10-27)21(18(20)35)42-24-19(36)22(32-3)26(2,37)12-39-24/h13-24,32-33,35-38H,4-12,29-30H2,1-3H3,(H2,31,34)/t13?,14?,15-,16-,17+,18?,19?,20?,21?,22+,23+,24+,26?,27?/m0/s1. The normalized spacial score (nSPS) is 48.6. The molecular formula is C27H51FN6O8. The second-order valence-corrected chi connectivity index (χ2v) is 12.7. The van der Waals surface area contributed by atoms with Crippen molar-refractivity contribution in [3.63, 3.8) is 0 Å². The first-order chi connectivity index (χ1) is 19.8. The number of nitrogens with two attached hydrogens (primary N) is 3. The Hall–Kier alpha value is -1.08. The predicted octanol–water partition coefficient (Wildman–Crippen LogP) is -2.82. The Morgan fingerprint density at radius 2 is 1.79 bits per heavy atom. The Morgan fingerprint density at radius 1 is 1.10 bits per heavy atom. The molecule has 2 saturated carbocycles. The summed E-state index contributed by atoms with van der Waals surface area (Å²) in [4.78, 5) is 4.55. The van der Waals surface area contributed by atoms with E-state index in [9.17, 15) is 24.8 Å². The fourth-order valence-electron chi connectivity index (χ4n) is 6.51. The highest BCUT2D eigenvalue weighted by Gasteiger charge is 2.52. The molecule has 2 aliphatic heterocycles. The van der Waals surface area contributed by atoms with Crippen LogP contribution in [0.3, 0.4) is 0 Å². The van der Waals surface area contributed by atoms with Gasteiger partial charge < -0.3 is 67.2 Å². The average molecular weight is 607 g/mol. The summed E-state index contributed by atoms with van der Waals surface area (Å²) in [6.45, 7) is 3.61. The lowest BCUT2D eigenvalue weighted by Gasteiger charge is -2.49. The molecule has 0 aromatic heterocycles. The summed E-state index contributed by atoms with van der Waals surface area (Å²) in [6.07, 6.45) is -4.51. The summed E-state index contributed by atoms with van der Waals surface area (Å²) in [5.74, 6) is -0.0256. The zero-order chi connectivity index (χ0) is 30.8. The van der Waals surface area contributed by atoms with E-state index in [4.69, 9.17) is 36.1 Å². The summed E-state index contributed by atoms with van der Waals surface area (Å²) >= 11 is 0. The molecule has 15 heteroatoms. The van der Waals surface area contributed by atoms with Gasteiger partial charge in [0, 0.05) is 31.1 Å². The van der Waals surface area contributed by atoms with Crippen LogP contribution in [0.15, 0.2) is 4.99 Å². The lowest BCUT2D eigenvalue weighted by Crippen LogP contribution is -2.68. The highest BCUT2D eigenvalue weighted by atomic mass is 19.1. The second kappa shape index (κ2) is 13.9. The maximum atomic E-state index is 12.5. The van der Waals surface area contributed by atoms with E-state index in [2.05, 4.69) is 15.6 Å². The number of likely N-dealkylation sites (N-methyl/N-ethyl adjacent to an activating group) is 1. The zero-order valence-electron chi connectivity index (χ0n) is 24.8. The molecule has 4 rings (SSSR count). The number of aliphatic hydroxyl groups is 4. The van der Waals surface area contributed by atoms with Crippen molar-refractivity contribution in [2.45, 2.75) is 124 Å². The fraction of sp³-hybridized carbons (Fsp3) is 0.963. The molecule has 42 heavy (non-hydrogen) atoms. The number of nitrogens with zero attached hydrogens (tertiary/aromatic N) is 1. The topological polar surface area (TPSA) is 232 Å². The van der Waals surface area contributed by atoms with Crippen LogP contribution in [0.2, 0.25) is 0 Å². The first-order valence-electron chi connectivity index (χ1n) is 15.0. The van der Waals surface area contributed by atoms with Crippen LogP contribution in [-0.2, 0) is 18.9 Å². The van der Waals surface area contributed by atoms with Gasteiger partial charge in [-0.1, -0.05) is 6.92 Å².